The number of ketones is 1. The number of carbonyl (C=O) groups is 2. The van der Waals surface area contributed by atoms with Crippen LogP contribution in [0.3, 0.4) is 0 Å². The average Bonchev–Trinajstić information content (AvgIpc) is 3.50. The van der Waals surface area contributed by atoms with Gasteiger partial charge >= 0.3 is 5.91 Å². The molecule has 9 heteroatoms. The number of hydrogen-bond acceptors (Lipinski definition) is 8. The second-order valence-electron chi connectivity index (χ2n) is 8.85. The molecule has 1 atom stereocenters. The fourth-order valence-electron chi connectivity index (χ4n) is 4.53. The molecule has 5 rings (SSSR count). The molecule has 0 saturated carbocycles. The molecule has 204 valence electrons. The Labute approximate surface area is 235 Å². The van der Waals surface area contributed by atoms with Crippen LogP contribution in [0.15, 0.2) is 85.0 Å². The first-order valence-electron chi connectivity index (χ1n) is 12.9. The minimum absolute atomic E-state index is 0.0248. The molecule has 1 N–H and O–H groups in total. The van der Waals surface area contributed by atoms with Crippen LogP contribution in [0.4, 0.5) is 5.13 Å². The van der Waals surface area contributed by atoms with Crippen LogP contribution in [-0.2, 0) is 9.59 Å². The zero-order chi connectivity index (χ0) is 28.2. The first-order valence-corrected chi connectivity index (χ1v) is 13.7. The third-order valence-corrected chi connectivity index (χ3v) is 7.33. The van der Waals surface area contributed by atoms with Crippen molar-refractivity contribution in [2.75, 3.05) is 24.7 Å². The van der Waals surface area contributed by atoms with E-state index in [-0.39, 0.29) is 11.3 Å². The third kappa shape index (κ3) is 5.15. The minimum Gasteiger partial charge on any atom is -0.507 e. The maximum atomic E-state index is 13.5. The quantitative estimate of drug-likeness (QED) is 0.106. The summed E-state index contributed by atoms with van der Waals surface area (Å²) >= 11 is 1.28. The zero-order valence-electron chi connectivity index (χ0n) is 22.1. The normalized spacial score (nSPS) is 16.4. The Morgan fingerprint density at radius 2 is 1.57 bits per heavy atom. The summed E-state index contributed by atoms with van der Waals surface area (Å²) in [6.07, 6.45) is 1.64. The van der Waals surface area contributed by atoms with Crippen molar-refractivity contribution >= 4 is 44.1 Å². The SMILES string of the molecule is C=CCOc1ccc(C2/C(=C(\O)c3ccc(OCC)cc3)C(=O)C(=O)N2c2nc3ccc(OCC)cc3s2)cc1. The molecule has 1 unspecified atom stereocenters. The molecule has 1 aliphatic rings. The molecule has 1 aliphatic heterocycles. The molecule has 0 aliphatic carbocycles. The van der Waals surface area contributed by atoms with Gasteiger partial charge in [-0.25, -0.2) is 4.98 Å². The second kappa shape index (κ2) is 11.6. The van der Waals surface area contributed by atoms with Crippen molar-refractivity contribution in [3.05, 3.63) is 96.1 Å². The number of aromatic nitrogens is 1. The van der Waals surface area contributed by atoms with E-state index in [9.17, 15) is 14.7 Å². The van der Waals surface area contributed by atoms with Crippen molar-refractivity contribution in [2.24, 2.45) is 0 Å². The van der Waals surface area contributed by atoms with Gasteiger partial charge in [0.2, 0.25) is 0 Å². The number of carbonyl (C=O) groups excluding carboxylic acids is 2. The zero-order valence-corrected chi connectivity index (χ0v) is 22.9. The highest BCUT2D eigenvalue weighted by molar-refractivity contribution is 7.22. The number of rotatable bonds is 10. The van der Waals surface area contributed by atoms with E-state index in [2.05, 4.69) is 11.6 Å². The highest BCUT2D eigenvalue weighted by atomic mass is 32.1. The highest BCUT2D eigenvalue weighted by Crippen LogP contribution is 2.45. The summed E-state index contributed by atoms with van der Waals surface area (Å²) in [6.45, 7) is 8.80. The molecule has 1 fully saturated rings. The van der Waals surface area contributed by atoms with Gasteiger partial charge in [0.25, 0.3) is 5.78 Å². The molecule has 0 spiro atoms. The van der Waals surface area contributed by atoms with Gasteiger partial charge in [-0.05, 0) is 74.0 Å². The van der Waals surface area contributed by atoms with Crippen molar-refractivity contribution in [3.63, 3.8) is 0 Å². The fourth-order valence-corrected chi connectivity index (χ4v) is 5.55. The number of aliphatic hydroxyl groups is 1. The van der Waals surface area contributed by atoms with Crippen LogP contribution in [0.2, 0.25) is 0 Å². The molecule has 40 heavy (non-hydrogen) atoms. The van der Waals surface area contributed by atoms with E-state index in [1.165, 1.54) is 16.2 Å². The molecule has 1 amide bonds. The Balaban J connectivity index is 1.63. The Hall–Kier alpha value is -4.63. The molecule has 2 heterocycles. The van der Waals surface area contributed by atoms with Gasteiger partial charge in [-0.1, -0.05) is 36.1 Å². The predicted molar refractivity (Wildman–Crippen MR) is 155 cm³/mol. The Bertz CT molecular complexity index is 1590. The van der Waals surface area contributed by atoms with Crippen LogP contribution < -0.4 is 19.1 Å². The lowest BCUT2D eigenvalue weighted by molar-refractivity contribution is -0.132. The number of anilines is 1. The van der Waals surface area contributed by atoms with E-state index in [0.29, 0.717) is 58.8 Å². The van der Waals surface area contributed by atoms with Crippen LogP contribution in [0.1, 0.15) is 31.0 Å². The number of aliphatic hydroxyl groups excluding tert-OH is 1. The van der Waals surface area contributed by atoms with Gasteiger partial charge in [0, 0.05) is 5.56 Å². The molecular formula is C31H28N2O6S. The number of amides is 1. The van der Waals surface area contributed by atoms with Gasteiger partial charge in [-0.15, -0.1) is 0 Å². The summed E-state index contributed by atoms with van der Waals surface area (Å²) in [5, 5.41) is 11.7. The molecule has 3 aromatic carbocycles. The van der Waals surface area contributed by atoms with Gasteiger partial charge in [-0.2, -0.15) is 0 Å². The van der Waals surface area contributed by atoms with Crippen molar-refractivity contribution < 1.29 is 28.9 Å². The van der Waals surface area contributed by atoms with E-state index in [1.54, 1.807) is 54.6 Å². The molecule has 4 aromatic rings. The van der Waals surface area contributed by atoms with Crippen LogP contribution in [-0.4, -0.2) is 41.6 Å². The number of Topliss-reactive ketones (excluding diaryl/α,β-unsaturated/α-hetero) is 1. The maximum Gasteiger partial charge on any atom is 0.301 e. The van der Waals surface area contributed by atoms with Crippen molar-refractivity contribution in [3.8, 4) is 17.2 Å². The standard InChI is InChI=1S/C31H28N2O6S/c1-4-17-39-22-11-7-19(8-12-22)27-26(28(34)20-9-13-21(14-10-20)37-5-2)29(35)30(36)33(27)31-32-24-16-15-23(38-6-3)18-25(24)40-31/h4,7-16,18,27,34H,1,5-6,17H2,2-3H3/b28-26+. The molecule has 0 bridgehead atoms. The molecule has 8 nitrogen and oxygen atoms in total. The number of nitrogens with zero attached hydrogens (tertiary/aromatic N) is 2. The minimum atomic E-state index is -0.910. The van der Waals surface area contributed by atoms with Crippen LogP contribution in [0.5, 0.6) is 17.2 Å². The third-order valence-electron chi connectivity index (χ3n) is 6.31. The van der Waals surface area contributed by atoms with Gasteiger partial charge in [0.1, 0.15) is 29.6 Å². The van der Waals surface area contributed by atoms with Crippen molar-refractivity contribution in [1.82, 2.24) is 4.98 Å². The lowest BCUT2D eigenvalue weighted by Crippen LogP contribution is -2.29. The van der Waals surface area contributed by atoms with E-state index in [4.69, 9.17) is 14.2 Å². The average molecular weight is 557 g/mol. The van der Waals surface area contributed by atoms with Crippen LogP contribution in [0.25, 0.3) is 16.0 Å². The Kier molecular flexibility index (Phi) is 7.84. The summed E-state index contributed by atoms with van der Waals surface area (Å²) in [4.78, 5) is 33.1. The van der Waals surface area contributed by atoms with Crippen molar-refractivity contribution in [1.29, 1.82) is 0 Å². The topological polar surface area (TPSA) is 98.2 Å². The molecule has 0 radical (unpaired) electrons. The lowest BCUT2D eigenvalue weighted by atomic mass is 9.95. The second-order valence-corrected chi connectivity index (χ2v) is 9.86. The summed E-state index contributed by atoms with van der Waals surface area (Å²) in [5.41, 5.74) is 1.65. The summed E-state index contributed by atoms with van der Waals surface area (Å²) < 4.78 is 17.5. The van der Waals surface area contributed by atoms with Crippen LogP contribution >= 0.6 is 11.3 Å². The first kappa shape index (κ1) is 27.0. The monoisotopic (exact) mass is 556 g/mol. The highest BCUT2D eigenvalue weighted by Gasteiger charge is 2.48. The molecular weight excluding hydrogens is 528 g/mol. The number of hydrogen-bond donors (Lipinski definition) is 1. The number of ether oxygens (including phenoxy) is 3. The Morgan fingerprint density at radius 3 is 2.25 bits per heavy atom. The summed E-state index contributed by atoms with van der Waals surface area (Å²) in [6, 6.07) is 18.4. The van der Waals surface area contributed by atoms with Crippen LogP contribution in [0, 0.1) is 0 Å². The molecule has 1 saturated heterocycles. The summed E-state index contributed by atoms with van der Waals surface area (Å²) in [7, 11) is 0. The smallest absolute Gasteiger partial charge is 0.301 e. The number of thiazole rings is 1. The predicted octanol–water partition coefficient (Wildman–Crippen LogP) is 6.28. The van der Waals surface area contributed by atoms with E-state index in [0.717, 1.165) is 4.70 Å². The fraction of sp³-hybridized carbons (Fsp3) is 0.194. The largest absolute Gasteiger partial charge is 0.507 e. The van der Waals surface area contributed by atoms with Gasteiger partial charge in [0.05, 0.1) is 35.0 Å². The van der Waals surface area contributed by atoms with Gasteiger partial charge < -0.3 is 19.3 Å². The van der Waals surface area contributed by atoms with Crippen molar-refractivity contribution in [2.45, 2.75) is 19.9 Å². The van der Waals surface area contributed by atoms with E-state index >= 15 is 0 Å². The first-order chi connectivity index (χ1) is 19.4. The van der Waals surface area contributed by atoms with E-state index < -0.39 is 17.7 Å². The number of fused-ring (bicyclic) bond motifs is 1. The lowest BCUT2D eigenvalue weighted by Gasteiger charge is -2.23. The summed E-state index contributed by atoms with van der Waals surface area (Å²) in [5.74, 6) is 0.0869. The van der Waals surface area contributed by atoms with E-state index in [1.807, 2.05) is 32.0 Å². The maximum absolute atomic E-state index is 13.5. The molecule has 1 aromatic heterocycles. The van der Waals surface area contributed by atoms with Gasteiger partial charge in [0.15, 0.2) is 5.13 Å². The Morgan fingerprint density at radius 1 is 0.950 bits per heavy atom. The number of benzene rings is 3. The van der Waals surface area contributed by atoms with Gasteiger partial charge in [-0.3, -0.25) is 14.5 Å².